The number of carbonyl (C=O) groups excluding carboxylic acids is 2. The van der Waals surface area contributed by atoms with Crippen LogP contribution in [0.3, 0.4) is 0 Å². The minimum atomic E-state index is -0.418. The van der Waals surface area contributed by atoms with Gasteiger partial charge in [-0.1, -0.05) is 6.42 Å². The minimum Gasteiger partial charge on any atom is -0.368 e. The van der Waals surface area contributed by atoms with Gasteiger partial charge in [-0.25, -0.2) is 0 Å². The Morgan fingerprint density at radius 3 is 2.53 bits per heavy atom. The first-order valence-corrected chi connectivity index (χ1v) is 6.45. The minimum absolute atomic E-state index is 0.0674. The number of carbonyl (C=O) groups is 2. The summed E-state index contributed by atoms with van der Waals surface area (Å²) >= 11 is 0. The van der Waals surface area contributed by atoms with E-state index in [9.17, 15) is 9.59 Å². The van der Waals surface area contributed by atoms with Crippen LogP contribution in [0, 0.1) is 5.92 Å². The smallest absolute Gasteiger partial charge is 0.237 e. The largest absolute Gasteiger partial charge is 0.368 e. The zero-order valence-corrected chi connectivity index (χ0v) is 10.2. The molecule has 2 fully saturated rings. The van der Waals surface area contributed by atoms with Gasteiger partial charge in [-0.15, -0.1) is 0 Å². The lowest BCUT2D eigenvalue weighted by molar-refractivity contribution is -0.138. The number of nitrogens with two attached hydrogens (primary N) is 1. The van der Waals surface area contributed by atoms with Crippen molar-refractivity contribution in [2.45, 2.75) is 38.1 Å². The molecule has 5 nitrogen and oxygen atoms in total. The van der Waals surface area contributed by atoms with Crippen LogP contribution in [-0.4, -0.2) is 42.4 Å². The number of nitrogens with one attached hydrogen (secondary N) is 1. The summed E-state index contributed by atoms with van der Waals surface area (Å²) in [6, 6.07) is 0.148. The third-order valence-corrected chi connectivity index (χ3v) is 3.81. The van der Waals surface area contributed by atoms with E-state index < -0.39 is 5.91 Å². The molecule has 2 rings (SSSR count). The van der Waals surface area contributed by atoms with E-state index in [2.05, 4.69) is 5.32 Å². The van der Waals surface area contributed by atoms with Gasteiger partial charge in [0, 0.05) is 19.0 Å². The van der Waals surface area contributed by atoms with Crippen molar-refractivity contribution in [3.63, 3.8) is 0 Å². The van der Waals surface area contributed by atoms with E-state index >= 15 is 0 Å². The predicted octanol–water partition coefficient (Wildman–Crippen LogP) is -0.148. The summed E-state index contributed by atoms with van der Waals surface area (Å²) < 4.78 is 0. The molecule has 0 radical (unpaired) electrons. The van der Waals surface area contributed by atoms with Crippen molar-refractivity contribution in [2.24, 2.45) is 11.7 Å². The Hall–Kier alpha value is -1.10. The molecule has 2 amide bonds. The van der Waals surface area contributed by atoms with Gasteiger partial charge in [0.15, 0.2) is 0 Å². The average Bonchev–Trinajstić information content (AvgIpc) is 2.72. The van der Waals surface area contributed by atoms with Gasteiger partial charge in [-0.2, -0.15) is 0 Å². The molecule has 1 aliphatic carbocycles. The van der Waals surface area contributed by atoms with E-state index in [0.717, 1.165) is 32.4 Å². The van der Waals surface area contributed by atoms with Crippen LogP contribution in [0.5, 0.6) is 0 Å². The summed E-state index contributed by atoms with van der Waals surface area (Å²) in [6.45, 7) is 1.76. The number of hydrogen-bond donors (Lipinski definition) is 2. The molecule has 2 aliphatic rings. The first kappa shape index (κ1) is 12.4. The quantitative estimate of drug-likeness (QED) is 0.700. The van der Waals surface area contributed by atoms with Crippen LogP contribution in [0.1, 0.15) is 32.1 Å². The maximum atomic E-state index is 12.2. The van der Waals surface area contributed by atoms with Gasteiger partial charge < -0.3 is 16.0 Å². The average molecular weight is 239 g/mol. The summed E-state index contributed by atoms with van der Waals surface area (Å²) in [7, 11) is 0. The van der Waals surface area contributed by atoms with Gasteiger partial charge in [0.05, 0.1) is 6.54 Å². The molecule has 96 valence electrons. The number of nitrogens with zero attached hydrogens (tertiary/aromatic N) is 1. The predicted molar refractivity (Wildman–Crippen MR) is 64.1 cm³/mol. The lowest BCUT2D eigenvalue weighted by Gasteiger charge is -2.31. The van der Waals surface area contributed by atoms with Crippen LogP contribution < -0.4 is 11.1 Å². The van der Waals surface area contributed by atoms with Crippen molar-refractivity contribution in [3.05, 3.63) is 0 Å². The first-order valence-electron chi connectivity index (χ1n) is 6.45. The van der Waals surface area contributed by atoms with Crippen LogP contribution in [0.4, 0.5) is 0 Å². The van der Waals surface area contributed by atoms with Gasteiger partial charge in [0.25, 0.3) is 0 Å². The van der Waals surface area contributed by atoms with E-state index in [0.29, 0.717) is 12.3 Å². The molecule has 17 heavy (non-hydrogen) atoms. The zero-order valence-electron chi connectivity index (χ0n) is 10.2. The standard InChI is InChI=1S/C12H21N3O2/c13-11(16)8-15(10-4-5-14-7-10)12(17)6-9-2-1-3-9/h9-10,14H,1-8H2,(H2,13,16). The maximum absolute atomic E-state index is 12.2. The van der Waals surface area contributed by atoms with Crippen LogP contribution in [-0.2, 0) is 9.59 Å². The summed E-state index contributed by atoms with van der Waals surface area (Å²) in [6.07, 6.45) is 5.05. The van der Waals surface area contributed by atoms with Crippen LogP contribution in [0.2, 0.25) is 0 Å². The highest BCUT2D eigenvalue weighted by molar-refractivity contribution is 5.84. The molecular formula is C12H21N3O2. The Morgan fingerprint density at radius 1 is 1.29 bits per heavy atom. The maximum Gasteiger partial charge on any atom is 0.237 e. The highest BCUT2D eigenvalue weighted by Gasteiger charge is 2.30. The molecule has 0 aromatic rings. The van der Waals surface area contributed by atoms with E-state index in [4.69, 9.17) is 5.73 Å². The molecular weight excluding hydrogens is 218 g/mol. The van der Waals surface area contributed by atoms with Gasteiger partial charge in [-0.05, 0) is 31.7 Å². The van der Waals surface area contributed by atoms with Crippen molar-refractivity contribution in [2.75, 3.05) is 19.6 Å². The van der Waals surface area contributed by atoms with E-state index in [1.54, 1.807) is 4.90 Å². The molecule has 5 heteroatoms. The fraction of sp³-hybridized carbons (Fsp3) is 0.833. The molecule has 1 saturated heterocycles. The van der Waals surface area contributed by atoms with Gasteiger partial charge in [0.1, 0.15) is 0 Å². The van der Waals surface area contributed by atoms with E-state index in [1.165, 1.54) is 6.42 Å². The molecule has 1 unspecified atom stereocenters. The van der Waals surface area contributed by atoms with Crippen LogP contribution in [0.15, 0.2) is 0 Å². The molecule has 1 saturated carbocycles. The molecule has 1 heterocycles. The Morgan fingerprint density at radius 2 is 2.06 bits per heavy atom. The highest BCUT2D eigenvalue weighted by Crippen LogP contribution is 2.30. The van der Waals surface area contributed by atoms with Crippen LogP contribution in [0.25, 0.3) is 0 Å². The summed E-state index contributed by atoms with van der Waals surface area (Å²) in [5.74, 6) is 0.216. The normalized spacial score (nSPS) is 24.4. The van der Waals surface area contributed by atoms with Crippen molar-refractivity contribution in [1.82, 2.24) is 10.2 Å². The Labute approximate surface area is 102 Å². The third-order valence-electron chi connectivity index (χ3n) is 3.81. The van der Waals surface area contributed by atoms with Crippen molar-refractivity contribution < 1.29 is 9.59 Å². The zero-order chi connectivity index (χ0) is 12.3. The SMILES string of the molecule is NC(=O)CN(C(=O)CC1CCC1)C1CCNC1. The van der Waals surface area contributed by atoms with Crippen molar-refractivity contribution in [3.8, 4) is 0 Å². The first-order chi connectivity index (χ1) is 8.16. The highest BCUT2D eigenvalue weighted by atomic mass is 16.2. The van der Waals surface area contributed by atoms with Crippen molar-refractivity contribution >= 4 is 11.8 Å². The lowest BCUT2D eigenvalue weighted by Crippen LogP contribution is -2.46. The Balaban J connectivity index is 1.92. The fourth-order valence-corrected chi connectivity index (χ4v) is 2.56. The van der Waals surface area contributed by atoms with Gasteiger partial charge in [0.2, 0.25) is 11.8 Å². The number of rotatable bonds is 5. The topological polar surface area (TPSA) is 75.4 Å². The van der Waals surface area contributed by atoms with Crippen LogP contribution >= 0.6 is 0 Å². The molecule has 0 aromatic heterocycles. The second kappa shape index (κ2) is 5.49. The summed E-state index contributed by atoms with van der Waals surface area (Å²) in [5, 5.41) is 3.22. The molecule has 1 atom stereocenters. The number of primary amides is 1. The lowest BCUT2D eigenvalue weighted by atomic mass is 9.82. The Kier molecular flexibility index (Phi) is 3.99. The van der Waals surface area contributed by atoms with Crippen molar-refractivity contribution in [1.29, 1.82) is 0 Å². The van der Waals surface area contributed by atoms with E-state index in [1.807, 2.05) is 0 Å². The monoisotopic (exact) mass is 239 g/mol. The Bertz CT molecular complexity index is 296. The number of amides is 2. The number of hydrogen-bond acceptors (Lipinski definition) is 3. The van der Waals surface area contributed by atoms with E-state index in [-0.39, 0.29) is 18.5 Å². The molecule has 0 spiro atoms. The third kappa shape index (κ3) is 3.19. The summed E-state index contributed by atoms with van der Waals surface area (Å²) in [5.41, 5.74) is 5.22. The van der Waals surface area contributed by atoms with Gasteiger partial charge >= 0.3 is 0 Å². The summed E-state index contributed by atoms with van der Waals surface area (Å²) in [4.78, 5) is 24.9. The second-order valence-electron chi connectivity index (χ2n) is 5.14. The molecule has 1 aliphatic heterocycles. The molecule has 3 N–H and O–H groups in total. The fourth-order valence-electron chi connectivity index (χ4n) is 2.56. The molecule has 0 bridgehead atoms. The second-order valence-corrected chi connectivity index (χ2v) is 5.14. The molecule has 0 aromatic carbocycles. The van der Waals surface area contributed by atoms with Gasteiger partial charge in [-0.3, -0.25) is 9.59 Å².